The van der Waals surface area contributed by atoms with Gasteiger partial charge in [0, 0.05) is 19.0 Å². The zero-order valence-corrected chi connectivity index (χ0v) is 11.3. The zero-order chi connectivity index (χ0) is 14.1. The van der Waals surface area contributed by atoms with Gasteiger partial charge < -0.3 is 5.32 Å². The first kappa shape index (κ1) is 13.9. The van der Waals surface area contributed by atoms with E-state index in [4.69, 9.17) is 0 Å². The van der Waals surface area contributed by atoms with Gasteiger partial charge >= 0.3 is 0 Å². The predicted molar refractivity (Wildman–Crippen MR) is 68.0 cm³/mol. The number of amides is 1. The number of carbonyl (C=O) groups excluding carboxylic acids is 1. The Hall–Kier alpha value is -1.50. The summed E-state index contributed by atoms with van der Waals surface area (Å²) in [6.45, 7) is 0.0567. The smallest absolute Gasteiger partial charge is 0.253 e. The summed E-state index contributed by atoms with van der Waals surface area (Å²) in [5, 5.41) is 2.55. The van der Waals surface area contributed by atoms with Crippen molar-refractivity contribution >= 4 is 15.7 Å². The van der Waals surface area contributed by atoms with Gasteiger partial charge in [0.15, 0.2) is 9.84 Å². The Morgan fingerprint density at radius 1 is 1.47 bits per heavy atom. The summed E-state index contributed by atoms with van der Waals surface area (Å²) in [5.41, 5.74) is 0.0861. The van der Waals surface area contributed by atoms with Crippen LogP contribution in [0.2, 0.25) is 0 Å². The van der Waals surface area contributed by atoms with Crippen LogP contribution >= 0.6 is 0 Å². The van der Waals surface area contributed by atoms with Crippen LogP contribution < -0.4 is 5.32 Å². The molecule has 0 spiro atoms. The van der Waals surface area contributed by atoms with E-state index in [1.165, 1.54) is 12.5 Å². The van der Waals surface area contributed by atoms with Gasteiger partial charge in [-0.25, -0.2) is 12.8 Å². The lowest BCUT2D eigenvalue weighted by Crippen LogP contribution is -2.53. The van der Waals surface area contributed by atoms with Gasteiger partial charge in [-0.05, 0) is 18.9 Å². The highest BCUT2D eigenvalue weighted by atomic mass is 32.2. The van der Waals surface area contributed by atoms with Crippen molar-refractivity contribution in [1.82, 2.24) is 10.3 Å². The zero-order valence-electron chi connectivity index (χ0n) is 10.5. The van der Waals surface area contributed by atoms with Gasteiger partial charge in [0.1, 0.15) is 5.82 Å². The molecule has 1 aliphatic carbocycles. The summed E-state index contributed by atoms with van der Waals surface area (Å²) < 4.78 is 35.5. The number of rotatable bonds is 4. The van der Waals surface area contributed by atoms with E-state index in [0.29, 0.717) is 12.8 Å². The third-order valence-corrected chi connectivity index (χ3v) is 5.72. The van der Waals surface area contributed by atoms with Crippen molar-refractivity contribution in [1.29, 1.82) is 0 Å². The Morgan fingerprint density at radius 3 is 2.63 bits per heavy atom. The summed E-state index contributed by atoms with van der Waals surface area (Å²) in [7, 11) is -3.22. The van der Waals surface area contributed by atoms with Crippen molar-refractivity contribution in [2.75, 3.05) is 12.8 Å². The van der Waals surface area contributed by atoms with E-state index < -0.39 is 26.3 Å². The molecule has 0 bridgehead atoms. The molecule has 0 saturated heterocycles. The summed E-state index contributed by atoms with van der Waals surface area (Å²) in [4.78, 5) is 15.4. The van der Waals surface area contributed by atoms with Crippen molar-refractivity contribution < 1.29 is 17.6 Å². The molecule has 19 heavy (non-hydrogen) atoms. The maximum absolute atomic E-state index is 12.9. The summed E-state index contributed by atoms with van der Waals surface area (Å²) >= 11 is 0. The van der Waals surface area contributed by atoms with E-state index in [2.05, 4.69) is 10.3 Å². The number of nitrogens with zero attached hydrogens (tertiary/aromatic N) is 1. The van der Waals surface area contributed by atoms with Gasteiger partial charge in [-0.15, -0.1) is 0 Å². The fraction of sp³-hybridized carbons (Fsp3) is 0.500. The minimum Gasteiger partial charge on any atom is -0.350 e. The van der Waals surface area contributed by atoms with Crippen molar-refractivity contribution in [3.8, 4) is 0 Å². The van der Waals surface area contributed by atoms with Gasteiger partial charge in [-0.3, -0.25) is 9.78 Å². The number of nitrogens with one attached hydrogen (secondary N) is 1. The maximum atomic E-state index is 12.9. The first-order chi connectivity index (χ1) is 8.84. The molecule has 104 valence electrons. The fourth-order valence-corrected chi connectivity index (χ4v) is 3.49. The van der Waals surface area contributed by atoms with E-state index in [1.807, 2.05) is 0 Å². The quantitative estimate of drug-likeness (QED) is 0.893. The molecule has 0 unspecified atom stereocenters. The molecule has 0 radical (unpaired) electrons. The maximum Gasteiger partial charge on any atom is 0.253 e. The highest BCUT2D eigenvalue weighted by Gasteiger charge is 2.46. The highest BCUT2D eigenvalue weighted by molar-refractivity contribution is 7.92. The van der Waals surface area contributed by atoms with Crippen molar-refractivity contribution in [2.24, 2.45) is 0 Å². The highest BCUT2D eigenvalue weighted by Crippen LogP contribution is 2.38. The molecule has 2 rings (SSSR count). The monoisotopic (exact) mass is 286 g/mol. The molecule has 1 amide bonds. The lowest BCUT2D eigenvalue weighted by atomic mass is 9.84. The van der Waals surface area contributed by atoms with E-state index >= 15 is 0 Å². The summed E-state index contributed by atoms with van der Waals surface area (Å²) in [5.74, 6) is -1.11. The molecular formula is C12H15FN2O3S. The molecule has 7 heteroatoms. The molecule has 1 aromatic heterocycles. The van der Waals surface area contributed by atoms with E-state index in [0.717, 1.165) is 18.7 Å². The average molecular weight is 286 g/mol. The molecule has 0 aromatic carbocycles. The van der Waals surface area contributed by atoms with E-state index in [9.17, 15) is 17.6 Å². The standard InChI is InChI=1S/C12H15FN2O3S/c1-19(17,18)12(3-2-4-12)8-15-11(16)9-5-10(13)7-14-6-9/h5-7H,2-4,8H2,1H3,(H,15,16). The SMILES string of the molecule is CS(=O)(=O)C1(CNC(=O)c2cncc(F)c2)CCC1. The number of hydrogen-bond donors (Lipinski definition) is 1. The van der Waals surface area contributed by atoms with E-state index in [-0.39, 0.29) is 12.1 Å². The Bertz CT molecular complexity index is 597. The number of carbonyl (C=O) groups is 1. The Morgan fingerprint density at radius 2 is 2.16 bits per heavy atom. The van der Waals surface area contributed by atoms with Crippen LogP contribution in [-0.2, 0) is 9.84 Å². The van der Waals surface area contributed by atoms with Gasteiger partial charge in [0.25, 0.3) is 5.91 Å². The average Bonchev–Trinajstić information content (AvgIpc) is 2.25. The number of halogens is 1. The lowest BCUT2D eigenvalue weighted by Gasteiger charge is -2.39. The molecule has 1 fully saturated rings. The molecule has 1 heterocycles. The summed E-state index contributed by atoms with van der Waals surface area (Å²) in [6, 6.07) is 1.07. The fourth-order valence-electron chi connectivity index (χ4n) is 2.13. The van der Waals surface area contributed by atoms with Crippen LogP contribution in [0.25, 0.3) is 0 Å². The van der Waals surface area contributed by atoms with Gasteiger partial charge in [0.05, 0.1) is 16.5 Å². The Labute approximate surface area is 111 Å². The third kappa shape index (κ3) is 2.75. The molecule has 1 aromatic rings. The van der Waals surface area contributed by atoms with Crippen LogP contribution in [0, 0.1) is 5.82 Å². The molecule has 1 saturated carbocycles. The van der Waals surface area contributed by atoms with Gasteiger partial charge in [-0.2, -0.15) is 0 Å². The van der Waals surface area contributed by atoms with E-state index in [1.54, 1.807) is 0 Å². The third-order valence-electron chi connectivity index (χ3n) is 3.59. The number of hydrogen-bond acceptors (Lipinski definition) is 4. The second-order valence-corrected chi connectivity index (χ2v) is 7.29. The van der Waals surface area contributed by atoms with Crippen LogP contribution in [0.15, 0.2) is 18.5 Å². The predicted octanol–water partition coefficient (Wildman–Crippen LogP) is 0.918. The van der Waals surface area contributed by atoms with Crippen molar-refractivity contribution in [3.05, 3.63) is 29.8 Å². The minimum atomic E-state index is -3.22. The van der Waals surface area contributed by atoms with Crippen molar-refractivity contribution in [2.45, 2.75) is 24.0 Å². The second kappa shape index (κ2) is 4.88. The Kier molecular flexibility index (Phi) is 3.58. The molecule has 0 aliphatic heterocycles. The van der Waals surface area contributed by atoms with Crippen LogP contribution in [0.1, 0.15) is 29.6 Å². The summed E-state index contributed by atoms with van der Waals surface area (Å²) in [6.07, 6.45) is 5.36. The van der Waals surface area contributed by atoms with Gasteiger partial charge in [-0.1, -0.05) is 6.42 Å². The van der Waals surface area contributed by atoms with Crippen LogP contribution in [-0.4, -0.2) is 36.9 Å². The van der Waals surface area contributed by atoms with Crippen LogP contribution in [0.3, 0.4) is 0 Å². The minimum absolute atomic E-state index is 0.0567. The second-order valence-electron chi connectivity index (χ2n) is 4.88. The van der Waals surface area contributed by atoms with Crippen LogP contribution in [0.5, 0.6) is 0 Å². The normalized spacial score (nSPS) is 17.6. The number of aromatic nitrogens is 1. The molecule has 0 atom stereocenters. The molecule has 1 N–H and O–H groups in total. The van der Waals surface area contributed by atoms with Gasteiger partial charge in [0.2, 0.25) is 0 Å². The van der Waals surface area contributed by atoms with Crippen molar-refractivity contribution in [3.63, 3.8) is 0 Å². The first-order valence-electron chi connectivity index (χ1n) is 5.92. The largest absolute Gasteiger partial charge is 0.350 e. The topological polar surface area (TPSA) is 76.1 Å². The number of pyridine rings is 1. The lowest BCUT2D eigenvalue weighted by molar-refractivity contribution is 0.0942. The molecular weight excluding hydrogens is 271 g/mol. The van der Waals surface area contributed by atoms with Crippen LogP contribution in [0.4, 0.5) is 4.39 Å². The molecule has 5 nitrogen and oxygen atoms in total. The molecule has 1 aliphatic rings. The first-order valence-corrected chi connectivity index (χ1v) is 7.82. The number of sulfone groups is 1. The Balaban J connectivity index is 2.05.